The van der Waals surface area contributed by atoms with Crippen molar-refractivity contribution in [3.63, 3.8) is 0 Å². The van der Waals surface area contributed by atoms with E-state index in [0.717, 1.165) is 23.0 Å². The Bertz CT molecular complexity index is 488. The van der Waals surface area contributed by atoms with E-state index >= 15 is 0 Å². The maximum absolute atomic E-state index is 4.41. The van der Waals surface area contributed by atoms with Gasteiger partial charge < -0.3 is 5.32 Å². The van der Waals surface area contributed by atoms with Crippen molar-refractivity contribution < 1.29 is 0 Å². The van der Waals surface area contributed by atoms with Gasteiger partial charge in [0, 0.05) is 11.8 Å². The first kappa shape index (κ1) is 10.0. The Morgan fingerprint density at radius 2 is 2.07 bits per heavy atom. The molecule has 80 valence electrons. The molecule has 2 aromatic heterocycles. The maximum Gasteiger partial charge on any atom is 0.164 e. The van der Waals surface area contributed by atoms with Crippen LogP contribution in [0, 0.1) is 13.8 Å². The molecule has 5 nitrogen and oxygen atoms in total. The zero-order chi connectivity index (χ0) is 11.0. The minimum absolute atomic E-state index is 0.170. The number of aryl methyl sites for hydroxylation is 2. The van der Waals surface area contributed by atoms with Crippen molar-refractivity contribution in [3.8, 4) is 0 Å². The van der Waals surface area contributed by atoms with Crippen molar-refractivity contribution in [2.24, 2.45) is 0 Å². The Labute approximate surface area is 88.6 Å². The van der Waals surface area contributed by atoms with Crippen molar-refractivity contribution in [3.05, 3.63) is 23.4 Å². The van der Waals surface area contributed by atoms with Crippen LogP contribution >= 0.6 is 0 Å². The summed E-state index contributed by atoms with van der Waals surface area (Å²) < 4.78 is 1.98. The second-order valence-electron chi connectivity index (χ2n) is 3.71. The van der Waals surface area contributed by atoms with E-state index in [4.69, 9.17) is 0 Å². The van der Waals surface area contributed by atoms with Crippen LogP contribution in [0.1, 0.15) is 30.3 Å². The van der Waals surface area contributed by atoms with E-state index < -0.39 is 0 Å². The summed E-state index contributed by atoms with van der Waals surface area (Å²) in [6.07, 6.45) is 0. The molecule has 1 N–H and O–H groups in total. The number of fused-ring (bicyclic) bond motifs is 1. The normalized spacial score (nSPS) is 13.3. The molecule has 1 unspecified atom stereocenters. The molecule has 2 rings (SSSR count). The molecule has 0 fully saturated rings. The van der Waals surface area contributed by atoms with Crippen molar-refractivity contribution in [2.45, 2.75) is 26.8 Å². The smallest absolute Gasteiger partial charge is 0.164 e. The SMILES string of the molecule is CNC(C)c1nnc2cc(C)nc(C)n12. The van der Waals surface area contributed by atoms with E-state index in [1.54, 1.807) is 0 Å². The van der Waals surface area contributed by atoms with Gasteiger partial charge in [-0.2, -0.15) is 0 Å². The lowest BCUT2D eigenvalue weighted by Crippen LogP contribution is -2.16. The molecule has 15 heavy (non-hydrogen) atoms. The highest BCUT2D eigenvalue weighted by Crippen LogP contribution is 2.13. The lowest BCUT2D eigenvalue weighted by atomic mass is 10.3. The second kappa shape index (κ2) is 3.58. The molecule has 0 aliphatic carbocycles. The van der Waals surface area contributed by atoms with E-state index in [-0.39, 0.29) is 6.04 Å². The maximum atomic E-state index is 4.41. The summed E-state index contributed by atoms with van der Waals surface area (Å²) in [5.41, 5.74) is 1.83. The fourth-order valence-corrected chi connectivity index (χ4v) is 1.67. The molecular weight excluding hydrogens is 190 g/mol. The monoisotopic (exact) mass is 205 g/mol. The first-order chi connectivity index (χ1) is 7.13. The van der Waals surface area contributed by atoms with Crippen LogP contribution in [0.4, 0.5) is 0 Å². The van der Waals surface area contributed by atoms with Gasteiger partial charge in [-0.15, -0.1) is 10.2 Å². The van der Waals surface area contributed by atoms with Gasteiger partial charge in [0.1, 0.15) is 5.82 Å². The van der Waals surface area contributed by atoms with Crippen LogP contribution in [0.25, 0.3) is 5.65 Å². The van der Waals surface area contributed by atoms with E-state index in [0.29, 0.717) is 0 Å². The van der Waals surface area contributed by atoms with Gasteiger partial charge in [0.15, 0.2) is 11.5 Å². The Kier molecular flexibility index (Phi) is 2.40. The predicted molar refractivity (Wildman–Crippen MR) is 57.7 cm³/mol. The summed E-state index contributed by atoms with van der Waals surface area (Å²) >= 11 is 0. The Hall–Kier alpha value is -1.49. The van der Waals surface area contributed by atoms with Gasteiger partial charge in [0.2, 0.25) is 0 Å². The molecule has 5 heteroatoms. The Balaban J connectivity index is 2.69. The lowest BCUT2D eigenvalue weighted by molar-refractivity contribution is 0.599. The van der Waals surface area contributed by atoms with Gasteiger partial charge in [-0.1, -0.05) is 0 Å². The standard InChI is InChI=1S/C10H15N5/c1-6-5-9-13-14-10(7(2)11-4)15(9)8(3)12-6/h5,7,11H,1-4H3. The Morgan fingerprint density at radius 1 is 1.33 bits per heavy atom. The minimum atomic E-state index is 0.170. The second-order valence-corrected chi connectivity index (χ2v) is 3.71. The molecule has 1 atom stereocenters. The number of hydrogen-bond acceptors (Lipinski definition) is 4. The summed E-state index contributed by atoms with van der Waals surface area (Å²) in [5.74, 6) is 1.82. The number of aromatic nitrogens is 4. The third-order valence-electron chi connectivity index (χ3n) is 2.53. The van der Waals surface area contributed by atoms with E-state index in [1.807, 2.05) is 31.4 Å². The van der Waals surface area contributed by atoms with Crippen molar-refractivity contribution in [1.29, 1.82) is 0 Å². The van der Waals surface area contributed by atoms with E-state index in [2.05, 4.69) is 27.4 Å². The van der Waals surface area contributed by atoms with Crippen LogP contribution in [-0.2, 0) is 0 Å². The third kappa shape index (κ3) is 1.59. The summed E-state index contributed by atoms with van der Waals surface area (Å²) in [6, 6.07) is 2.11. The average Bonchev–Trinajstić information content (AvgIpc) is 2.60. The molecule has 0 aliphatic heterocycles. The molecule has 2 heterocycles. The number of nitrogens with one attached hydrogen (secondary N) is 1. The predicted octanol–water partition coefficient (Wildman–Crippen LogP) is 1.02. The highest BCUT2D eigenvalue weighted by molar-refractivity contribution is 5.40. The van der Waals surface area contributed by atoms with Crippen molar-refractivity contribution in [1.82, 2.24) is 24.9 Å². The fourth-order valence-electron chi connectivity index (χ4n) is 1.67. The molecule has 0 aliphatic rings. The van der Waals surface area contributed by atoms with Crippen LogP contribution in [-0.4, -0.2) is 26.6 Å². The molecule has 2 aromatic rings. The fraction of sp³-hybridized carbons (Fsp3) is 0.500. The largest absolute Gasteiger partial charge is 0.311 e. The number of nitrogens with zero attached hydrogens (tertiary/aromatic N) is 4. The first-order valence-corrected chi connectivity index (χ1v) is 5.00. The number of hydrogen-bond donors (Lipinski definition) is 1. The average molecular weight is 205 g/mol. The molecule has 0 spiro atoms. The van der Waals surface area contributed by atoms with Gasteiger partial charge in [-0.3, -0.25) is 4.40 Å². The zero-order valence-electron chi connectivity index (χ0n) is 9.44. The molecule has 0 saturated carbocycles. The molecular formula is C10H15N5. The summed E-state index contributed by atoms with van der Waals surface area (Å²) in [4.78, 5) is 4.41. The first-order valence-electron chi connectivity index (χ1n) is 5.00. The molecule has 0 bridgehead atoms. The van der Waals surface area contributed by atoms with Gasteiger partial charge in [-0.25, -0.2) is 4.98 Å². The van der Waals surface area contributed by atoms with Crippen molar-refractivity contribution >= 4 is 5.65 Å². The van der Waals surface area contributed by atoms with Crippen LogP contribution in [0.5, 0.6) is 0 Å². The van der Waals surface area contributed by atoms with Gasteiger partial charge >= 0.3 is 0 Å². The quantitative estimate of drug-likeness (QED) is 0.795. The zero-order valence-corrected chi connectivity index (χ0v) is 9.44. The van der Waals surface area contributed by atoms with Crippen LogP contribution in [0.3, 0.4) is 0 Å². The van der Waals surface area contributed by atoms with Crippen LogP contribution < -0.4 is 5.32 Å². The Morgan fingerprint density at radius 3 is 2.73 bits per heavy atom. The van der Waals surface area contributed by atoms with Crippen molar-refractivity contribution in [2.75, 3.05) is 7.05 Å². The summed E-state index contributed by atoms with van der Waals surface area (Å²) in [6.45, 7) is 5.98. The highest BCUT2D eigenvalue weighted by atomic mass is 15.3. The topological polar surface area (TPSA) is 55.1 Å². The summed E-state index contributed by atoms with van der Waals surface area (Å²) in [7, 11) is 1.91. The minimum Gasteiger partial charge on any atom is -0.311 e. The van der Waals surface area contributed by atoms with Gasteiger partial charge in [0.05, 0.1) is 6.04 Å². The molecule has 0 aromatic carbocycles. The van der Waals surface area contributed by atoms with E-state index in [1.165, 1.54) is 0 Å². The highest BCUT2D eigenvalue weighted by Gasteiger charge is 2.13. The molecule has 0 amide bonds. The molecule has 0 radical (unpaired) electrons. The van der Waals surface area contributed by atoms with Gasteiger partial charge in [0.25, 0.3) is 0 Å². The lowest BCUT2D eigenvalue weighted by Gasteiger charge is -2.09. The molecule has 0 saturated heterocycles. The van der Waals surface area contributed by atoms with Crippen LogP contribution in [0.15, 0.2) is 6.07 Å². The number of rotatable bonds is 2. The van der Waals surface area contributed by atoms with Crippen LogP contribution in [0.2, 0.25) is 0 Å². The van der Waals surface area contributed by atoms with Gasteiger partial charge in [-0.05, 0) is 27.8 Å². The van der Waals surface area contributed by atoms with E-state index in [9.17, 15) is 0 Å². The third-order valence-corrected chi connectivity index (χ3v) is 2.53. The summed E-state index contributed by atoms with van der Waals surface area (Å²) in [5, 5.41) is 11.5.